The highest BCUT2D eigenvalue weighted by molar-refractivity contribution is 8.16. The molecular formula is C21H20F3NOS2. The first-order chi connectivity index (χ1) is 13.4. The minimum Gasteiger partial charge on any atom is -0.308 e. The molecule has 2 heterocycles. The Morgan fingerprint density at radius 1 is 1.00 bits per heavy atom. The van der Waals surface area contributed by atoms with Gasteiger partial charge in [-0.15, -0.1) is 23.5 Å². The van der Waals surface area contributed by atoms with Crippen LogP contribution in [-0.4, -0.2) is 24.0 Å². The Balaban J connectivity index is 1.56. The lowest BCUT2D eigenvalue weighted by Crippen LogP contribution is -2.35. The van der Waals surface area contributed by atoms with Gasteiger partial charge >= 0.3 is 6.18 Å². The largest absolute Gasteiger partial charge is 0.416 e. The van der Waals surface area contributed by atoms with Crippen LogP contribution in [0.4, 0.5) is 18.9 Å². The number of alkyl halides is 3. The van der Waals surface area contributed by atoms with Crippen LogP contribution in [0.5, 0.6) is 0 Å². The molecule has 0 aliphatic carbocycles. The van der Waals surface area contributed by atoms with E-state index in [1.165, 1.54) is 24.1 Å². The van der Waals surface area contributed by atoms with Crippen LogP contribution < -0.4 is 4.90 Å². The number of rotatable bonds is 2. The minimum absolute atomic E-state index is 0.156. The number of nitrogens with zero attached hydrogens (tertiary/aromatic N) is 1. The number of fused-ring (bicyclic) bond motifs is 1. The molecule has 1 fully saturated rings. The van der Waals surface area contributed by atoms with E-state index in [2.05, 4.69) is 0 Å². The summed E-state index contributed by atoms with van der Waals surface area (Å²) in [7, 11) is 0. The standard InChI is InChI=1S/C21H20F3NOS2/c22-21(23,24)17-8-9-18-16(13-17)3-1-10-25(18)19(26)14-4-6-15(7-5-14)20-27-11-2-12-28-20/h4-9,13,20H,1-3,10-12H2. The van der Waals surface area contributed by atoms with E-state index >= 15 is 0 Å². The molecule has 0 aromatic heterocycles. The summed E-state index contributed by atoms with van der Waals surface area (Å²) in [4.78, 5) is 14.6. The van der Waals surface area contributed by atoms with Crippen molar-refractivity contribution in [2.75, 3.05) is 23.0 Å². The Hall–Kier alpha value is -1.60. The third kappa shape index (κ3) is 4.06. The van der Waals surface area contributed by atoms with Gasteiger partial charge in [-0.05, 0) is 72.2 Å². The molecule has 0 unspecified atom stereocenters. The fourth-order valence-corrected chi connectivity index (χ4v) is 6.50. The lowest BCUT2D eigenvalue weighted by Gasteiger charge is -2.30. The maximum absolute atomic E-state index is 13.0. The molecular weight excluding hydrogens is 403 g/mol. The Morgan fingerprint density at radius 2 is 1.71 bits per heavy atom. The van der Waals surface area contributed by atoms with Crippen LogP contribution in [0.1, 0.15) is 44.5 Å². The molecule has 2 aromatic rings. The zero-order valence-corrected chi connectivity index (χ0v) is 16.8. The van der Waals surface area contributed by atoms with E-state index < -0.39 is 11.7 Å². The number of hydrogen-bond donors (Lipinski definition) is 0. The third-order valence-corrected chi connectivity index (χ3v) is 8.04. The summed E-state index contributed by atoms with van der Waals surface area (Å²) >= 11 is 3.86. The van der Waals surface area contributed by atoms with Gasteiger partial charge in [0.25, 0.3) is 5.91 Å². The van der Waals surface area contributed by atoms with Gasteiger partial charge in [-0.1, -0.05) is 12.1 Å². The number of thioether (sulfide) groups is 2. The number of benzene rings is 2. The minimum atomic E-state index is -4.37. The van der Waals surface area contributed by atoms with E-state index in [4.69, 9.17) is 0 Å². The highest BCUT2D eigenvalue weighted by Gasteiger charge is 2.32. The molecule has 4 rings (SSSR count). The SMILES string of the molecule is O=C(c1ccc(C2SCCCS2)cc1)N1CCCc2cc(C(F)(F)F)ccc21. The van der Waals surface area contributed by atoms with Crippen LogP contribution in [-0.2, 0) is 12.6 Å². The first-order valence-electron chi connectivity index (χ1n) is 9.28. The summed E-state index contributed by atoms with van der Waals surface area (Å²) in [5, 5.41) is 0. The number of carbonyl (C=O) groups is 1. The number of halogens is 3. The molecule has 2 aromatic carbocycles. The molecule has 0 radical (unpaired) electrons. The molecule has 148 valence electrons. The summed E-state index contributed by atoms with van der Waals surface area (Å²) in [5.41, 5.74) is 2.29. The maximum atomic E-state index is 13.0. The molecule has 1 amide bonds. The van der Waals surface area contributed by atoms with Gasteiger partial charge in [0, 0.05) is 17.8 Å². The van der Waals surface area contributed by atoms with Crippen molar-refractivity contribution < 1.29 is 18.0 Å². The third-order valence-electron chi connectivity index (χ3n) is 5.03. The van der Waals surface area contributed by atoms with Crippen molar-refractivity contribution in [3.8, 4) is 0 Å². The fourth-order valence-electron chi connectivity index (χ4n) is 3.60. The number of amides is 1. The predicted molar refractivity (Wildman–Crippen MR) is 110 cm³/mol. The molecule has 2 nitrogen and oxygen atoms in total. The van der Waals surface area contributed by atoms with E-state index in [9.17, 15) is 18.0 Å². The second-order valence-corrected chi connectivity index (χ2v) is 9.68. The number of carbonyl (C=O) groups excluding carboxylic acids is 1. The van der Waals surface area contributed by atoms with E-state index in [0.717, 1.165) is 17.6 Å². The van der Waals surface area contributed by atoms with Crippen molar-refractivity contribution in [2.24, 2.45) is 0 Å². The van der Waals surface area contributed by atoms with Crippen LogP contribution in [0.25, 0.3) is 0 Å². The first kappa shape index (κ1) is 19.7. The van der Waals surface area contributed by atoms with Gasteiger partial charge in [-0.3, -0.25) is 4.79 Å². The van der Waals surface area contributed by atoms with Crippen LogP contribution >= 0.6 is 23.5 Å². The average Bonchev–Trinajstić information content (AvgIpc) is 2.72. The Labute approximate surface area is 170 Å². The summed E-state index contributed by atoms with van der Waals surface area (Å²) in [6.45, 7) is 0.521. The van der Waals surface area contributed by atoms with Crippen molar-refractivity contribution in [1.82, 2.24) is 0 Å². The van der Waals surface area contributed by atoms with Gasteiger partial charge in [-0.2, -0.15) is 13.2 Å². The molecule has 28 heavy (non-hydrogen) atoms. The molecule has 0 spiro atoms. The summed E-state index contributed by atoms with van der Waals surface area (Å²) in [6.07, 6.45) is -1.93. The Morgan fingerprint density at radius 3 is 2.39 bits per heavy atom. The van der Waals surface area contributed by atoms with Crippen molar-refractivity contribution >= 4 is 35.1 Å². The normalized spacial score (nSPS) is 18.0. The van der Waals surface area contributed by atoms with Gasteiger partial charge < -0.3 is 4.90 Å². The molecule has 0 atom stereocenters. The highest BCUT2D eigenvalue weighted by Crippen LogP contribution is 2.43. The van der Waals surface area contributed by atoms with Crippen molar-refractivity contribution in [3.05, 3.63) is 64.7 Å². The zero-order chi connectivity index (χ0) is 19.7. The molecule has 2 aliphatic heterocycles. The van der Waals surface area contributed by atoms with Gasteiger partial charge in [0.05, 0.1) is 10.1 Å². The zero-order valence-electron chi connectivity index (χ0n) is 15.2. The van der Waals surface area contributed by atoms with Gasteiger partial charge in [-0.25, -0.2) is 0 Å². The fraction of sp³-hybridized carbons (Fsp3) is 0.381. The van der Waals surface area contributed by atoms with Crippen LogP contribution in [0.3, 0.4) is 0 Å². The van der Waals surface area contributed by atoms with Gasteiger partial charge in [0.15, 0.2) is 0 Å². The van der Waals surface area contributed by atoms with Crippen LogP contribution in [0.15, 0.2) is 42.5 Å². The maximum Gasteiger partial charge on any atom is 0.416 e. The van der Waals surface area contributed by atoms with Crippen molar-refractivity contribution in [3.63, 3.8) is 0 Å². The van der Waals surface area contributed by atoms with E-state index in [1.807, 2.05) is 47.8 Å². The monoisotopic (exact) mass is 423 g/mol. The quantitative estimate of drug-likeness (QED) is 0.576. The number of anilines is 1. The molecule has 2 aliphatic rings. The van der Waals surface area contributed by atoms with Crippen molar-refractivity contribution in [2.45, 2.75) is 30.0 Å². The smallest absolute Gasteiger partial charge is 0.308 e. The van der Waals surface area contributed by atoms with E-state index in [-0.39, 0.29) is 5.91 Å². The summed E-state index contributed by atoms with van der Waals surface area (Å²) < 4.78 is 39.4. The summed E-state index contributed by atoms with van der Waals surface area (Å²) in [6, 6.07) is 11.3. The number of aryl methyl sites for hydroxylation is 1. The molecule has 0 N–H and O–H groups in total. The predicted octanol–water partition coefficient (Wildman–Crippen LogP) is 6.17. The summed E-state index contributed by atoms with van der Waals surface area (Å²) in [5.74, 6) is 2.15. The Bertz CT molecular complexity index is 861. The molecule has 1 saturated heterocycles. The molecule has 0 bridgehead atoms. The van der Waals surface area contributed by atoms with Crippen LogP contribution in [0.2, 0.25) is 0 Å². The van der Waals surface area contributed by atoms with Gasteiger partial charge in [0.2, 0.25) is 0 Å². The molecule has 0 saturated carbocycles. The molecule has 7 heteroatoms. The van der Waals surface area contributed by atoms with E-state index in [0.29, 0.717) is 40.8 Å². The van der Waals surface area contributed by atoms with Gasteiger partial charge in [0.1, 0.15) is 0 Å². The van der Waals surface area contributed by atoms with Crippen LogP contribution in [0, 0.1) is 0 Å². The second kappa shape index (κ2) is 8.03. The van der Waals surface area contributed by atoms with E-state index in [1.54, 1.807) is 4.90 Å². The topological polar surface area (TPSA) is 20.3 Å². The highest BCUT2D eigenvalue weighted by atomic mass is 32.2. The second-order valence-electron chi connectivity index (χ2n) is 6.95. The Kier molecular flexibility index (Phi) is 5.65. The average molecular weight is 424 g/mol. The lowest BCUT2D eigenvalue weighted by molar-refractivity contribution is -0.137. The number of hydrogen-bond acceptors (Lipinski definition) is 3. The van der Waals surface area contributed by atoms with Crippen molar-refractivity contribution in [1.29, 1.82) is 0 Å². The lowest BCUT2D eigenvalue weighted by atomic mass is 9.98. The first-order valence-corrected chi connectivity index (χ1v) is 11.4.